The standard InChI is InChI=1S/C18H15N3O/c22-18(21-13-17-12-19-10-11-20-17)16-8-6-15(7-9-16)14-4-2-1-3-5-14/h1-12H,13H2,(H,21,22). The first-order chi connectivity index (χ1) is 10.8. The van der Waals surface area contributed by atoms with E-state index < -0.39 is 0 Å². The summed E-state index contributed by atoms with van der Waals surface area (Å²) in [7, 11) is 0. The Morgan fingerprint density at radius 1 is 0.909 bits per heavy atom. The maximum Gasteiger partial charge on any atom is 0.251 e. The summed E-state index contributed by atoms with van der Waals surface area (Å²) in [5.74, 6) is -0.120. The zero-order chi connectivity index (χ0) is 15.2. The minimum Gasteiger partial charge on any atom is -0.346 e. The molecular formula is C18H15N3O. The molecule has 3 aromatic rings. The fraction of sp³-hybridized carbons (Fsp3) is 0.0556. The van der Waals surface area contributed by atoms with Gasteiger partial charge in [-0.2, -0.15) is 0 Å². The van der Waals surface area contributed by atoms with Crippen LogP contribution in [0, 0.1) is 0 Å². The summed E-state index contributed by atoms with van der Waals surface area (Å²) < 4.78 is 0. The third kappa shape index (κ3) is 3.35. The molecule has 0 fully saturated rings. The molecule has 4 nitrogen and oxygen atoms in total. The number of amides is 1. The molecule has 0 saturated carbocycles. The Morgan fingerprint density at radius 3 is 2.32 bits per heavy atom. The van der Waals surface area contributed by atoms with E-state index in [1.165, 1.54) is 0 Å². The molecule has 1 aromatic heterocycles. The maximum atomic E-state index is 12.1. The average molecular weight is 289 g/mol. The molecule has 1 N–H and O–H groups in total. The molecule has 0 aliphatic rings. The monoisotopic (exact) mass is 289 g/mol. The molecule has 0 saturated heterocycles. The summed E-state index contributed by atoms with van der Waals surface area (Å²) in [6.07, 6.45) is 4.85. The number of benzene rings is 2. The molecule has 22 heavy (non-hydrogen) atoms. The SMILES string of the molecule is O=C(NCc1cnccn1)c1ccc(-c2ccccc2)cc1. The van der Waals surface area contributed by atoms with E-state index in [4.69, 9.17) is 0 Å². The van der Waals surface area contributed by atoms with Crippen LogP contribution in [0.3, 0.4) is 0 Å². The van der Waals surface area contributed by atoms with Crippen LogP contribution < -0.4 is 5.32 Å². The summed E-state index contributed by atoms with van der Waals surface area (Å²) in [5, 5.41) is 2.83. The Kier molecular flexibility index (Phi) is 4.20. The minimum atomic E-state index is -0.120. The molecular weight excluding hydrogens is 274 g/mol. The van der Waals surface area contributed by atoms with Crippen molar-refractivity contribution in [3.63, 3.8) is 0 Å². The van der Waals surface area contributed by atoms with Gasteiger partial charge in [0.1, 0.15) is 0 Å². The first-order valence-corrected chi connectivity index (χ1v) is 7.01. The lowest BCUT2D eigenvalue weighted by Crippen LogP contribution is -2.23. The number of hydrogen-bond acceptors (Lipinski definition) is 3. The molecule has 1 amide bonds. The lowest BCUT2D eigenvalue weighted by Gasteiger charge is -2.06. The van der Waals surface area contributed by atoms with Crippen molar-refractivity contribution in [3.05, 3.63) is 84.4 Å². The predicted molar refractivity (Wildman–Crippen MR) is 85.1 cm³/mol. The summed E-state index contributed by atoms with van der Waals surface area (Å²) in [5.41, 5.74) is 3.58. The zero-order valence-electron chi connectivity index (χ0n) is 11.9. The van der Waals surface area contributed by atoms with Crippen LogP contribution in [-0.2, 0) is 6.54 Å². The third-order valence-electron chi connectivity index (χ3n) is 3.30. The van der Waals surface area contributed by atoms with Gasteiger partial charge >= 0.3 is 0 Å². The van der Waals surface area contributed by atoms with Crippen LogP contribution >= 0.6 is 0 Å². The van der Waals surface area contributed by atoms with Crippen molar-refractivity contribution >= 4 is 5.91 Å². The highest BCUT2D eigenvalue weighted by Crippen LogP contribution is 2.19. The van der Waals surface area contributed by atoms with Gasteiger partial charge in [0.25, 0.3) is 5.91 Å². The first-order valence-electron chi connectivity index (χ1n) is 7.01. The van der Waals surface area contributed by atoms with Gasteiger partial charge < -0.3 is 5.32 Å². The van der Waals surface area contributed by atoms with E-state index in [1.807, 2.05) is 54.6 Å². The summed E-state index contributed by atoms with van der Waals surface area (Å²) >= 11 is 0. The van der Waals surface area contributed by atoms with E-state index in [1.54, 1.807) is 18.6 Å². The van der Waals surface area contributed by atoms with E-state index >= 15 is 0 Å². The summed E-state index contributed by atoms with van der Waals surface area (Å²) in [4.78, 5) is 20.2. The van der Waals surface area contributed by atoms with E-state index in [2.05, 4.69) is 15.3 Å². The normalized spacial score (nSPS) is 10.2. The molecule has 0 aliphatic carbocycles. The van der Waals surface area contributed by atoms with Crippen molar-refractivity contribution in [1.29, 1.82) is 0 Å². The highest BCUT2D eigenvalue weighted by molar-refractivity contribution is 5.94. The van der Waals surface area contributed by atoms with Gasteiger partial charge in [0, 0.05) is 18.0 Å². The largest absolute Gasteiger partial charge is 0.346 e. The second-order valence-corrected chi connectivity index (χ2v) is 4.82. The Labute approximate surface area is 128 Å². The Hall–Kier alpha value is -3.01. The van der Waals surface area contributed by atoms with Crippen molar-refractivity contribution in [2.75, 3.05) is 0 Å². The molecule has 0 bridgehead atoms. The zero-order valence-corrected chi connectivity index (χ0v) is 11.9. The highest BCUT2D eigenvalue weighted by atomic mass is 16.1. The Bertz CT molecular complexity index is 740. The van der Waals surface area contributed by atoms with Crippen LogP contribution in [-0.4, -0.2) is 15.9 Å². The second-order valence-electron chi connectivity index (χ2n) is 4.82. The van der Waals surface area contributed by atoms with Gasteiger partial charge in [0.2, 0.25) is 0 Å². The molecule has 0 aliphatic heterocycles. The Balaban J connectivity index is 1.66. The van der Waals surface area contributed by atoms with Crippen molar-refractivity contribution in [3.8, 4) is 11.1 Å². The van der Waals surface area contributed by atoms with Crippen LogP contribution in [0.15, 0.2) is 73.2 Å². The van der Waals surface area contributed by atoms with Crippen molar-refractivity contribution < 1.29 is 4.79 Å². The number of nitrogens with zero attached hydrogens (tertiary/aromatic N) is 2. The van der Waals surface area contributed by atoms with E-state index in [-0.39, 0.29) is 5.91 Å². The molecule has 3 rings (SSSR count). The number of aromatic nitrogens is 2. The lowest BCUT2D eigenvalue weighted by atomic mass is 10.0. The predicted octanol–water partition coefficient (Wildman–Crippen LogP) is 3.07. The van der Waals surface area contributed by atoms with Crippen LogP contribution in [0.25, 0.3) is 11.1 Å². The number of carbonyl (C=O) groups is 1. The van der Waals surface area contributed by atoms with Crippen molar-refractivity contribution in [2.24, 2.45) is 0 Å². The van der Waals surface area contributed by atoms with Gasteiger partial charge in [0.15, 0.2) is 0 Å². The first kappa shape index (κ1) is 13.9. The molecule has 0 atom stereocenters. The van der Waals surface area contributed by atoms with Crippen LogP contribution in [0.4, 0.5) is 0 Å². The van der Waals surface area contributed by atoms with Crippen LogP contribution in [0.1, 0.15) is 16.1 Å². The second kappa shape index (κ2) is 6.63. The lowest BCUT2D eigenvalue weighted by molar-refractivity contribution is 0.0950. The maximum absolute atomic E-state index is 12.1. The van der Waals surface area contributed by atoms with Gasteiger partial charge in [-0.05, 0) is 23.3 Å². The van der Waals surface area contributed by atoms with Crippen LogP contribution in [0.5, 0.6) is 0 Å². The molecule has 0 spiro atoms. The van der Waals surface area contributed by atoms with Gasteiger partial charge in [0.05, 0.1) is 18.4 Å². The fourth-order valence-corrected chi connectivity index (χ4v) is 2.14. The number of carbonyl (C=O) groups excluding carboxylic acids is 1. The van der Waals surface area contributed by atoms with Crippen LogP contribution in [0.2, 0.25) is 0 Å². The van der Waals surface area contributed by atoms with E-state index in [0.29, 0.717) is 12.1 Å². The highest BCUT2D eigenvalue weighted by Gasteiger charge is 2.06. The molecule has 1 heterocycles. The minimum absolute atomic E-state index is 0.120. The molecule has 0 radical (unpaired) electrons. The van der Waals surface area contributed by atoms with Gasteiger partial charge in [-0.25, -0.2) is 0 Å². The molecule has 0 unspecified atom stereocenters. The summed E-state index contributed by atoms with van der Waals surface area (Å²) in [6, 6.07) is 17.6. The Morgan fingerprint density at radius 2 is 1.64 bits per heavy atom. The number of hydrogen-bond donors (Lipinski definition) is 1. The van der Waals surface area contributed by atoms with Gasteiger partial charge in [-0.3, -0.25) is 14.8 Å². The van der Waals surface area contributed by atoms with Crippen molar-refractivity contribution in [2.45, 2.75) is 6.54 Å². The summed E-state index contributed by atoms with van der Waals surface area (Å²) in [6.45, 7) is 0.368. The molecule has 108 valence electrons. The quantitative estimate of drug-likeness (QED) is 0.803. The van der Waals surface area contributed by atoms with E-state index in [9.17, 15) is 4.79 Å². The average Bonchev–Trinajstić information content (AvgIpc) is 2.61. The molecule has 4 heteroatoms. The third-order valence-corrected chi connectivity index (χ3v) is 3.30. The number of nitrogens with one attached hydrogen (secondary N) is 1. The van der Waals surface area contributed by atoms with E-state index in [0.717, 1.165) is 16.8 Å². The fourth-order valence-electron chi connectivity index (χ4n) is 2.14. The molecule has 2 aromatic carbocycles. The van der Waals surface area contributed by atoms with Crippen molar-refractivity contribution in [1.82, 2.24) is 15.3 Å². The topological polar surface area (TPSA) is 54.9 Å². The van der Waals surface area contributed by atoms with Gasteiger partial charge in [-0.1, -0.05) is 42.5 Å². The smallest absolute Gasteiger partial charge is 0.251 e. The van der Waals surface area contributed by atoms with Gasteiger partial charge in [-0.15, -0.1) is 0 Å². The number of rotatable bonds is 4.